The summed E-state index contributed by atoms with van der Waals surface area (Å²) in [6, 6.07) is 7.47. The molecule has 1 saturated heterocycles. The molecule has 1 aliphatic heterocycles. The van der Waals surface area contributed by atoms with Crippen LogP contribution in [0.25, 0.3) is 0 Å². The zero-order valence-electron chi connectivity index (χ0n) is 10.1. The second kappa shape index (κ2) is 5.45. The van der Waals surface area contributed by atoms with Gasteiger partial charge in [0, 0.05) is 18.4 Å². The predicted octanol–water partition coefficient (Wildman–Crippen LogP) is 2.52. The molecular weight excluding hydrogens is 232 g/mol. The largest absolute Gasteiger partial charge is 0.399 e. The van der Waals surface area contributed by atoms with Crippen LogP contribution >= 0.6 is 11.8 Å². The fourth-order valence-corrected chi connectivity index (χ4v) is 3.30. The lowest BCUT2D eigenvalue weighted by Gasteiger charge is -2.26. The molecule has 0 spiro atoms. The van der Waals surface area contributed by atoms with Gasteiger partial charge in [-0.25, -0.2) is 0 Å². The van der Waals surface area contributed by atoms with Gasteiger partial charge in [0.2, 0.25) is 5.91 Å². The Balaban J connectivity index is 2.08. The smallest absolute Gasteiger partial charge is 0.239 e. The minimum atomic E-state index is 0.121. The Morgan fingerprint density at radius 3 is 2.94 bits per heavy atom. The summed E-state index contributed by atoms with van der Waals surface area (Å²) in [7, 11) is 1.83. The summed E-state index contributed by atoms with van der Waals surface area (Å²) in [5, 5.41) is 0.121. The maximum Gasteiger partial charge on any atom is 0.239 e. The highest BCUT2D eigenvalue weighted by Crippen LogP contribution is 2.28. The van der Waals surface area contributed by atoms with Crippen LogP contribution in [0.3, 0.4) is 0 Å². The summed E-state index contributed by atoms with van der Waals surface area (Å²) in [6.45, 7) is 0. The van der Waals surface area contributed by atoms with Gasteiger partial charge in [0.25, 0.3) is 0 Å². The van der Waals surface area contributed by atoms with E-state index in [-0.39, 0.29) is 11.2 Å². The van der Waals surface area contributed by atoms with Crippen molar-refractivity contribution in [2.45, 2.75) is 24.5 Å². The van der Waals surface area contributed by atoms with Crippen LogP contribution in [-0.2, 0) is 4.79 Å². The third kappa shape index (κ3) is 2.94. The van der Waals surface area contributed by atoms with Crippen molar-refractivity contribution in [1.29, 1.82) is 0 Å². The van der Waals surface area contributed by atoms with Crippen LogP contribution in [0, 0.1) is 0 Å². The van der Waals surface area contributed by atoms with E-state index in [1.54, 1.807) is 16.7 Å². The fraction of sp³-hybridized carbons (Fsp3) is 0.462. The van der Waals surface area contributed by atoms with Crippen molar-refractivity contribution in [3.63, 3.8) is 0 Å². The van der Waals surface area contributed by atoms with Gasteiger partial charge >= 0.3 is 0 Å². The maximum absolute atomic E-state index is 12.3. The monoisotopic (exact) mass is 250 g/mol. The molecule has 92 valence electrons. The first kappa shape index (κ1) is 12.3. The lowest BCUT2D eigenvalue weighted by atomic mass is 10.1. The van der Waals surface area contributed by atoms with Gasteiger partial charge in [-0.05, 0) is 36.8 Å². The molecule has 4 heteroatoms. The number of thioether (sulfide) groups is 1. The third-order valence-electron chi connectivity index (χ3n) is 3.04. The molecule has 1 aromatic rings. The molecule has 3 nitrogen and oxygen atoms in total. The summed E-state index contributed by atoms with van der Waals surface area (Å²) in [6.07, 6.45) is 3.39. The lowest BCUT2D eigenvalue weighted by molar-refractivity contribution is -0.118. The van der Waals surface area contributed by atoms with Crippen molar-refractivity contribution in [2.75, 3.05) is 23.4 Å². The Morgan fingerprint density at radius 2 is 2.29 bits per heavy atom. The molecule has 0 saturated carbocycles. The first-order chi connectivity index (χ1) is 8.18. The number of carbonyl (C=O) groups is 1. The summed E-state index contributed by atoms with van der Waals surface area (Å²) in [4.78, 5) is 14.0. The summed E-state index contributed by atoms with van der Waals surface area (Å²) < 4.78 is 0. The molecule has 1 unspecified atom stereocenters. The number of amides is 1. The molecule has 0 aromatic heterocycles. The number of benzene rings is 1. The Morgan fingerprint density at radius 1 is 1.47 bits per heavy atom. The fourth-order valence-electron chi connectivity index (χ4n) is 2.01. The molecule has 1 amide bonds. The minimum absolute atomic E-state index is 0.121. The topological polar surface area (TPSA) is 46.3 Å². The zero-order valence-corrected chi connectivity index (χ0v) is 10.9. The molecule has 1 aliphatic rings. The lowest BCUT2D eigenvalue weighted by Crippen LogP contribution is -2.36. The molecule has 1 aromatic carbocycles. The molecule has 1 fully saturated rings. The molecule has 1 heterocycles. The molecular formula is C13H18N2OS. The molecule has 1 atom stereocenters. The van der Waals surface area contributed by atoms with Crippen LogP contribution < -0.4 is 10.6 Å². The highest BCUT2D eigenvalue weighted by molar-refractivity contribution is 8.00. The van der Waals surface area contributed by atoms with Gasteiger partial charge in [-0.1, -0.05) is 12.5 Å². The predicted molar refractivity (Wildman–Crippen MR) is 74.4 cm³/mol. The van der Waals surface area contributed by atoms with Crippen molar-refractivity contribution in [3.8, 4) is 0 Å². The van der Waals surface area contributed by atoms with Gasteiger partial charge in [0.1, 0.15) is 0 Å². The average molecular weight is 250 g/mol. The summed E-state index contributed by atoms with van der Waals surface area (Å²) in [5.41, 5.74) is 7.30. The van der Waals surface area contributed by atoms with Gasteiger partial charge in [0.05, 0.1) is 5.25 Å². The van der Waals surface area contributed by atoms with E-state index in [0.717, 1.165) is 24.3 Å². The second-order valence-corrected chi connectivity index (χ2v) is 5.66. The highest BCUT2D eigenvalue weighted by Gasteiger charge is 2.25. The Bertz CT molecular complexity index is 402. The second-order valence-electron chi connectivity index (χ2n) is 4.35. The van der Waals surface area contributed by atoms with E-state index in [1.165, 1.54) is 6.42 Å². The molecule has 0 bridgehead atoms. The van der Waals surface area contributed by atoms with Crippen LogP contribution in [-0.4, -0.2) is 24.0 Å². The molecule has 0 radical (unpaired) electrons. The molecule has 2 N–H and O–H groups in total. The third-order valence-corrected chi connectivity index (χ3v) is 4.41. The van der Waals surface area contributed by atoms with E-state index in [0.29, 0.717) is 5.69 Å². The van der Waals surface area contributed by atoms with Gasteiger partial charge in [0.15, 0.2) is 0 Å². The van der Waals surface area contributed by atoms with E-state index in [2.05, 4.69) is 0 Å². The van der Waals surface area contributed by atoms with Crippen molar-refractivity contribution < 1.29 is 4.79 Å². The minimum Gasteiger partial charge on any atom is -0.399 e. The van der Waals surface area contributed by atoms with Crippen LogP contribution in [0.5, 0.6) is 0 Å². The van der Waals surface area contributed by atoms with Gasteiger partial charge in [-0.3, -0.25) is 4.79 Å². The van der Waals surface area contributed by atoms with Crippen molar-refractivity contribution >= 4 is 29.0 Å². The number of hydrogen-bond donors (Lipinski definition) is 1. The molecule has 0 aliphatic carbocycles. The first-order valence-electron chi connectivity index (χ1n) is 5.93. The van der Waals surface area contributed by atoms with E-state index in [9.17, 15) is 4.79 Å². The summed E-state index contributed by atoms with van der Waals surface area (Å²) >= 11 is 1.78. The van der Waals surface area contributed by atoms with Crippen molar-refractivity contribution in [1.82, 2.24) is 0 Å². The van der Waals surface area contributed by atoms with E-state index in [1.807, 2.05) is 31.3 Å². The quantitative estimate of drug-likeness (QED) is 0.820. The number of hydrogen-bond acceptors (Lipinski definition) is 3. The molecule has 2 rings (SSSR count). The highest BCUT2D eigenvalue weighted by atomic mass is 32.2. The van der Waals surface area contributed by atoms with Crippen molar-refractivity contribution in [2.24, 2.45) is 0 Å². The summed E-state index contributed by atoms with van der Waals surface area (Å²) in [5.74, 6) is 1.29. The van der Waals surface area contributed by atoms with Gasteiger partial charge in [-0.15, -0.1) is 11.8 Å². The zero-order chi connectivity index (χ0) is 12.3. The maximum atomic E-state index is 12.3. The number of nitrogens with two attached hydrogens (primary N) is 1. The van der Waals surface area contributed by atoms with Gasteiger partial charge < -0.3 is 10.6 Å². The number of carbonyl (C=O) groups excluding carboxylic acids is 1. The SMILES string of the molecule is CN(C(=O)C1CCCCS1)c1cccc(N)c1. The van der Waals surface area contributed by atoms with Crippen LogP contribution in [0.15, 0.2) is 24.3 Å². The van der Waals surface area contributed by atoms with Gasteiger partial charge in [-0.2, -0.15) is 0 Å². The van der Waals surface area contributed by atoms with E-state index < -0.39 is 0 Å². The number of nitrogen functional groups attached to an aromatic ring is 1. The number of nitrogens with zero attached hydrogens (tertiary/aromatic N) is 1. The van der Waals surface area contributed by atoms with Crippen LogP contribution in [0.2, 0.25) is 0 Å². The Labute approximate surface area is 106 Å². The average Bonchev–Trinajstić information content (AvgIpc) is 2.38. The van der Waals surface area contributed by atoms with E-state index in [4.69, 9.17) is 5.73 Å². The van der Waals surface area contributed by atoms with E-state index >= 15 is 0 Å². The Hall–Kier alpha value is -1.16. The Kier molecular flexibility index (Phi) is 3.94. The van der Waals surface area contributed by atoms with Crippen LogP contribution in [0.1, 0.15) is 19.3 Å². The normalized spacial score (nSPS) is 19.9. The first-order valence-corrected chi connectivity index (χ1v) is 6.98. The standard InChI is InChI=1S/C13H18N2OS/c1-15(11-6-4-5-10(14)9-11)13(16)12-7-2-3-8-17-12/h4-6,9,12H,2-3,7-8,14H2,1H3. The molecule has 17 heavy (non-hydrogen) atoms. The number of rotatable bonds is 2. The van der Waals surface area contributed by atoms with Crippen LogP contribution in [0.4, 0.5) is 11.4 Å². The van der Waals surface area contributed by atoms with Crippen molar-refractivity contribution in [3.05, 3.63) is 24.3 Å². The number of anilines is 2.